The number of rotatable bonds is 7. The third kappa shape index (κ3) is 5.37. The Morgan fingerprint density at radius 3 is 2.68 bits per heavy atom. The quantitative estimate of drug-likeness (QED) is 0.380. The van der Waals surface area contributed by atoms with E-state index in [4.69, 9.17) is 14.9 Å². The number of aryl methyl sites for hydroxylation is 2. The van der Waals surface area contributed by atoms with Gasteiger partial charge in [-0.1, -0.05) is 12.1 Å². The molecule has 1 heterocycles. The van der Waals surface area contributed by atoms with Crippen molar-refractivity contribution in [2.75, 3.05) is 17.5 Å². The fraction of sp³-hybridized carbons (Fsp3) is 0.227. The summed E-state index contributed by atoms with van der Waals surface area (Å²) in [6.07, 6.45) is -0.212. The molecular formula is C22H23N3O5S. The van der Waals surface area contributed by atoms with Crippen LogP contribution in [0.4, 0.5) is 10.5 Å². The summed E-state index contributed by atoms with van der Waals surface area (Å²) in [6.45, 7) is 3.69. The van der Waals surface area contributed by atoms with Gasteiger partial charge in [-0.25, -0.2) is 9.59 Å². The summed E-state index contributed by atoms with van der Waals surface area (Å²) in [7, 11) is 1.47. The standard InChI is InChI=1S/C22H23N3O5S/c1-12-7-16-13(2)17(21(27)29-19(16)10-18(12)30-22(28)24-3)9-14-5-4-6-15(8-14)25-31-11-20(23)26/h4-8,10,25H,9,11H2,1-3H3,(H2,23,26)(H,24,28). The molecule has 1 aromatic heterocycles. The first kappa shape index (κ1) is 22.2. The minimum absolute atomic E-state index is 0.155. The molecule has 0 fully saturated rings. The molecule has 0 spiro atoms. The van der Waals surface area contributed by atoms with Gasteiger partial charge in [0.05, 0.1) is 5.75 Å². The molecule has 0 unspecified atom stereocenters. The van der Waals surface area contributed by atoms with Gasteiger partial charge in [-0.05, 0) is 60.7 Å². The molecule has 2 aromatic carbocycles. The van der Waals surface area contributed by atoms with Crippen LogP contribution >= 0.6 is 11.9 Å². The third-order valence-corrected chi connectivity index (χ3v) is 5.51. The summed E-state index contributed by atoms with van der Waals surface area (Å²) in [5, 5.41) is 3.17. The van der Waals surface area contributed by atoms with E-state index < -0.39 is 17.6 Å². The monoisotopic (exact) mass is 441 g/mol. The lowest BCUT2D eigenvalue weighted by molar-refractivity contribution is -0.115. The Hall–Kier alpha value is -3.46. The van der Waals surface area contributed by atoms with Gasteiger partial charge in [-0.2, -0.15) is 0 Å². The van der Waals surface area contributed by atoms with E-state index in [1.165, 1.54) is 19.0 Å². The molecule has 0 saturated heterocycles. The fourth-order valence-electron chi connectivity index (χ4n) is 3.13. The van der Waals surface area contributed by atoms with Crippen molar-refractivity contribution in [3.05, 3.63) is 69.1 Å². The van der Waals surface area contributed by atoms with Crippen molar-refractivity contribution in [2.45, 2.75) is 20.3 Å². The molecule has 0 aliphatic carbocycles. The Balaban J connectivity index is 1.91. The number of fused-ring (bicyclic) bond motifs is 1. The van der Waals surface area contributed by atoms with Gasteiger partial charge < -0.3 is 24.9 Å². The first-order chi connectivity index (χ1) is 14.8. The second-order valence-electron chi connectivity index (χ2n) is 6.98. The molecule has 2 amide bonds. The summed E-state index contributed by atoms with van der Waals surface area (Å²) in [6, 6.07) is 10.9. The smallest absolute Gasteiger partial charge is 0.412 e. The van der Waals surface area contributed by atoms with Gasteiger partial charge in [0, 0.05) is 36.2 Å². The number of nitrogens with one attached hydrogen (secondary N) is 2. The Kier molecular flexibility index (Phi) is 6.86. The Morgan fingerprint density at radius 1 is 1.19 bits per heavy atom. The van der Waals surface area contributed by atoms with Gasteiger partial charge >= 0.3 is 11.7 Å². The minimum Gasteiger partial charge on any atom is -0.422 e. The van der Waals surface area contributed by atoms with Crippen LogP contribution in [0.5, 0.6) is 5.75 Å². The van der Waals surface area contributed by atoms with Crippen LogP contribution in [-0.4, -0.2) is 24.8 Å². The zero-order valence-electron chi connectivity index (χ0n) is 17.4. The summed E-state index contributed by atoms with van der Waals surface area (Å²) in [4.78, 5) is 35.1. The predicted octanol–water partition coefficient (Wildman–Crippen LogP) is 3.26. The molecule has 4 N–H and O–H groups in total. The molecule has 0 atom stereocenters. The van der Waals surface area contributed by atoms with Crippen molar-refractivity contribution in [3.8, 4) is 5.75 Å². The lowest BCUT2D eigenvalue weighted by atomic mass is 9.98. The molecule has 0 saturated carbocycles. The van der Waals surface area contributed by atoms with Gasteiger partial charge in [0.25, 0.3) is 0 Å². The van der Waals surface area contributed by atoms with Crippen LogP contribution in [0.15, 0.2) is 45.6 Å². The number of carbonyl (C=O) groups excluding carboxylic acids is 2. The van der Waals surface area contributed by atoms with Crippen molar-refractivity contribution in [2.24, 2.45) is 5.73 Å². The molecule has 0 radical (unpaired) electrons. The number of anilines is 1. The highest BCUT2D eigenvalue weighted by Gasteiger charge is 2.15. The van der Waals surface area contributed by atoms with E-state index in [-0.39, 0.29) is 5.75 Å². The molecule has 0 bridgehead atoms. The van der Waals surface area contributed by atoms with E-state index >= 15 is 0 Å². The maximum Gasteiger partial charge on any atom is 0.412 e. The SMILES string of the molecule is CNC(=O)Oc1cc2oc(=O)c(Cc3cccc(NSCC(N)=O)c3)c(C)c2cc1C. The maximum absolute atomic E-state index is 12.7. The zero-order valence-corrected chi connectivity index (χ0v) is 18.2. The molecule has 162 valence electrons. The van der Waals surface area contributed by atoms with Crippen molar-refractivity contribution >= 4 is 40.6 Å². The number of primary amides is 1. The number of nitrogens with two attached hydrogens (primary N) is 1. The van der Waals surface area contributed by atoms with Crippen molar-refractivity contribution < 1.29 is 18.7 Å². The molecule has 0 aliphatic heterocycles. The molecular weight excluding hydrogens is 418 g/mol. The molecule has 9 heteroatoms. The molecule has 8 nitrogen and oxygen atoms in total. The normalized spacial score (nSPS) is 10.7. The summed E-state index contributed by atoms with van der Waals surface area (Å²) in [5.74, 6) is 0.0781. The number of carbonyl (C=O) groups is 2. The predicted molar refractivity (Wildman–Crippen MR) is 122 cm³/mol. The first-order valence-corrected chi connectivity index (χ1v) is 10.5. The van der Waals surface area contributed by atoms with Gasteiger partial charge in [0.15, 0.2) is 0 Å². The third-order valence-electron chi connectivity index (χ3n) is 4.70. The average Bonchev–Trinajstić information content (AvgIpc) is 2.72. The molecule has 3 aromatic rings. The van der Waals surface area contributed by atoms with Crippen LogP contribution in [0, 0.1) is 13.8 Å². The number of ether oxygens (including phenoxy) is 1. The highest BCUT2D eigenvalue weighted by atomic mass is 32.2. The van der Waals surface area contributed by atoms with Crippen LogP contribution in [0.1, 0.15) is 22.3 Å². The Labute approximate surface area is 183 Å². The fourth-order valence-corrected chi connectivity index (χ4v) is 3.64. The zero-order chi connectivity index (χ0) is 22.5. The van der Waals surface area contributed by atoms with Crippen molar-refractivity contribution in [1.29, 1.82) is 0 Å². The largest absolute Gasteiger partial charge is 0.422 e. The van der Waals surface area contributed by atoms with Crippen LogP contribution in [0.2, 0.25) is 0 Å². The second kappa shape index (κ2) is 9.57. The van der Waals surface area contributed by atoms with Crippen molar-refractivity contribution in [1.82, 2.24) is 5.32 Å². The lowest BCUT2D eigenvalue weighted by Crippen LogP contribution is -2.22. The van der Waals surface area contributed by atoms with Crippen LogP contribution in [0.25, 0.3) is 11.0 Å². The van der Waals surface area contributed by atoms with E-state index in [1.54, 1.807) is 6.07 Å². The van der Waals surface area contributed by atoms with Crippen LogP contribution < -0.4 is 26.1 Å². The van der Waals surface area contributed by atoms with Gasteiger partial charge in [0.1, 0.15) is 11.3 Å². The van der Waals surface area contributed by atoms with E-state index in [0.717, 1.165) is 27.8 Å². The maximum atomic E-state index is 12.7. The van der Waals surface area contributed by atoms with Crippen LogP contribution in [-0.2, 0) is 11.2 Å². The Morgan fingerprint density at radius 2 is 1.97 bits per heavy atom. The van der Waals surface area contributed by atoms with Gasteiger partial charge in [-0.15, -0.1) is 0 Å². The topological polar surface area (TPSA) is 124 Å². The number of hydrogen-bond acceptors (Lipinski definition) is 7. The van der Waals surface area contributed by atoms with E-state index in [9.17, 15) is 14.4 Å². The minimum atomic E-state index is -0.597. The van der Waals surface area contributed by atoms with Crippen LogP contribution in [0.3, 0.4) is 0 Å². The molecule has 31 heavy (non-hydrogen) atoms. The average molecular weight is 442 g/mol. The summed E-state index contributed by atoms with van der Waals surface area (Å²) in [5.41, 5.74) is 8.88. The van der Waals surface area contributed by atoms with Gasteiger partial charge in [0.2, 0.25) is 5.91 Å². The Bertz CT molecular complexity index is 1210. The van der Waals surface area contributed by atoms with E-state index in [1.807, 2.05) is 44.2 Å². The number of benzene rings is 2. The summed E-state index contributed by atoms with van der Waals surface area (Å²) < 4.78 is 13.8. The van der Waals surface area contributed by atoms with Gasteiger partial charge in [-0.3, -0.25) is 4.79 Å². The highest BCUT2D eigenvalue weighted by molar-refractivity contribution is 8.01. The highest BCUT2D eigenvalue weighted by Crippen LogP contribution is 2.29. The molecule has 0 aliphatic rings. The van der Waals surface area contributed by atoms with E-state index in [2.05, 4.69) is 10.0 Å². The lowest BCUT2D eigenvalue weighted by Gasteiger charge is -2.12. The van der Waals surface area contributed by atoms with E-state index in [0.29, 0.717) is 23.3 Å². The number of amides is 2. The summed E-state index contributed by atoms with van der Waals surface area (Å²) >= 11 is 1.20. The first-order valence-electron chi connectivity index (χ1n) is 9.50. The second-order valence-corrected chi connectivity index (χ2v) is 7.76. The molecule has 3 rings (SSSR count). The number of hydrogen-bond donors (Lipinski definition) is 3. The van der Waals surface area contributed by atoms with Crippen molar-refractivity contribution in [3.63, 3.8) is 0 Å².